The minimum atomic E-state index is -0.343. The molecule has 0 atom stereocenters. The number of benzene rings is 1. The van der Waals surface area contributed by atoms with Crippen molar-refractivity contribution in [1.29, 1.82) is 0 Å². The van der Waals surface area contributed by atoms with Gasteiger partial charge in [0.25, 0.3) is 11.8 Å². The molecule has 1 aromatic heterocycles. The van der Waals surface area contributed by atoms with Gasteiger partial charge in [-0.3, -0.25) is 19.4 Å². The van der Waals surface area contributed by atoms with Crippen LogP contribution in [0.15, 0.2) is 42.7 Å². The van der Waals surface area contributed by atoms with Crippen LogP contribution in [0.2, 0.25) is 0 Å². The second-order valence-corrected chi connectivity index (χ2v) is 7.01. The monoisotopic (exact) mass is 428 g/mol. The molecular formula is C22H28N4O5. The maximum Gasteiger partial charge on any atom is 0.258 e. The van der Waals surface area contributed by atoms with Crippen molar-refractivity contribution in [1.82, 2.24) is 20.9 Å². The summed E-state index contributed by atoms with van der Waals surface area (Å²) in [5.41, 5.74) is 1.30. The molecule has 1 heterocycles. The summed E-state index contributed by atoms with van der Waals surface area (Å²) in [5, 5.41) is 8.21. The number of rotatable bonds is 11. The summed E-state index contributed by atoms with van der Waals surface area (Å²) in [5.74, 6) is -0.0722. The molecular weight excluding hydrogens is 400 g/mol. The first-order valence-electron chi connectivity index (χ1n) is 9.93. The zero-order valence-electron chi connectivity index (χ0n) is 17.9. The summed E-state index contributed by atoms with van der Waals surface area (Å²) in [6.07, 6.45) is 3.47. The van der Waals surface area contributed by atoms with E-state index >= 15 is 0 Å². The highest BCUT2D eigenvalue weighted by Crippen LogP contribution is 2.28. The van der Waals surface area contributed by atoms with Crippen molar-refractivity contribution in [2.24, 2.45) is 0 Å². The Morgan fingerprint density at radius 1 is 1.00 bits per heavy atom. The molecule has 0 fully saturated rings. The van der Waals surface area contributed by atoms with Crippen LogP contribution >= 0.6 is 0 Å². The van der Waals surface area contributed by atoms with Gasteiger partial charge in [0.15, 0.2) is 18.1 Å². The number of nitrogens with zero attached hydrogens (tertiary/aromatic N) is 1. The van der Waals surface area contributed by atoms with Gasteiger partial charge in [0, 0.05) is 43.5 Å². The van der Waals surface area contributed by atoms with Crippen LogP contribution in [0.5, 0.6) is 11.5 Å². The van der Waals surface area contributed by atoms with Crippen molar-refractivity contribution in [2.45, 2.75) is 32.9 Å². The minimum Gasteiger partial charge on any atom is -0.493 e. The summed E-state index contributed by atoms with van der Waals surface area (Å²) < 4.78 is 10.7. The van der Waals surface area contributed by atoms with Gasteiger partial charge in [-0.15, -0.1) is 0 Å². The molecule has 0 aliphatic heterocycles. The zero-order chi connectivity index (χ0) is 22.6. The first kappa shape index (κ1) is 23.7. The van der Waals surface area contributed by atoms with E-state index in [-0.39, 0.29) is 43.3 Å². The number of pyridine rings is 1. The fourth-order valence-corrected chi connectivity index (χ4v) is 2.62. The predicted octanol–water partition coefficient (Wildman–Crippen LogP) is 1.43. The average Bonchev–Trinajstić information content (AvgIpc) is 2.76. The molecule has 0 spiro atoms. The van der Waals surface area contributed by atoms with Crippen molar-refractivity contribution in [2.75, 3.05) is 20.3 Å². The van der Waals surface area contributed by atoms with E-state index in [0.717, 1.165) is 5.56 Å². The Morgan fingerprint density at radius 3 is 2.42 bits per heavy atom. The predicted molar refractivity (Wildman–Crippen MR) is 115 cm³/mol. The van der Waals surface area contributed by atoms with E-state index in [9.17, 15) is 14.4 Å². The average molecular weight is 428 g/mol. The molecule has 0 saturated heterocycles. The Kier molecular flexibility index (Phi) is 9.28. The van der Waals surface area contributed by atoms with E-state index in [1.165, 1.54) is 13.2 Å². The molecule has 0 aliphatic rings. The summed E-state index contributed by atoms with van der Waals surface area (Å²) in [6, 6.07) is 8.31. The normalized spacial score (nSPS) is 10.3. The quantitative estimate of drug-likeness (QED) is 0.498. The van der Waals surface area contributed by atoms with Crippen molar-refractivity contribution < 1.29 is 23.9 Å². The van der Waals surface area contributed by atoms with Gasteiger partial charge in [-0.1, -0.05) is 0 Å². The largest absolute Gasteiger partial charge is 0.493 e. The topological polar surface area (TPSA) is 119 Å². The zero-order valence-corrected chi connectivity index (χ0v) is 17.9. The molecule has 1 aromatic carbocycles. The van der Waals surface area contributed by atoms with Gasteiger partial charge in [-0.2, -0.15) is 0 Å². The van der Waals surface area contributed by atoms with Crippen molar-refractivity contribution in [3.63, 3.8) is 0 Å². The molecule has 31 heavy (non-hydrogen) atoms. The minimum absolute atomic E-state index is 0.0155. The van der Waals surface area contributed by atoms with Gasteiger partial charge in [0.2, 0.25) is 5.91 Å². The lowest BCUT2D eigenvalue weighted by Crippen LogP contribution is -2.34. The van der Waals surface area contributed by atoms with E-state index in [4.69, 9.17) is 9.47 Å². The lowest BCUT2D eigenvalue weighted by atomic mass is 10.2. The first-order chi connectivity index (χ1) is 14.9. The van der Waals surface area contributed by atoms with Crippen LogP contribution in [-0.2, 0) is 16.1 Å². The SMILES string of the molecule is COc1cc(C(=O)NCCC(=O)NCc2ccncc2)ccc1OCC(=O)NC(C)C. The summed E-state index contributed by atoms with van der Waals surface area (Å²) in [6.45, 7) is 4.15. The number of amides is 3. The van der Waals surface area contributed by atoms with Gasteiger partial charge < -0.3 is 25.4 Å². The third kappa shape index (κ3) is 8.33. The van der Waals surface area contributed by atoms with Crippen LogP contribution in [0.25, 0.3) is 0 Å². The highest BCUT2D eigenvalue weighted by Gasteiger charge is 2.13. The molecule has 0 bridgehead atoms. The van der Waals surface area contributed by atoms with Gasteiger partial charge in [-0.05, 0) is 49.7 Å². The molecule has 166 valence electrons. The second-order valence-electron chi connectivity index (χ2n) is 7.01. The Labute approximate surface area is 181 Å². The molecule has 3 N–H and O–H groups in total. The van der Waals surface area contributed by atoms with Crippen LogP contribution in [-0.4, -0.2) is 49.0 Å². The number of hydrogen-bond donors (Lipinski definition) is 3. The number of methoxy groups -OCH3 is 1. The Hall–Kier alpha value is -3.62. The van der Waals surface area contributed by atoms with E-state index in [1.54, 1.807) is 24.5 Å². The number of carbonyl (C=O) groups excluding carboxylic acids is 3. The fourth-order valence-electron chi connectivity index (χ4n) is 2.62. The smallest absolute Gasteiger partial charge is 0.258 e. The van der Waals surface area contributed by atoms with Crippen molar-refractivity contribution in [3.8, 4) is 11.5 Å². The number of nitrogens with one attached hydrogen (secondary N) is 3. The number of aromatic nitrogens is 1. The highest BCUT2D eigenvalue weighted by molar-refractivity contribution is 5.95. The molecule has 0 unspecified atom stereocenters. The Bertz CT molecular complexity index is 887. The fraction of sp³-hybridized carbons (Fsp3) is 0.364. The van der Waals surface area contributed by atoms with Crippen LogP contribution in [0.3, 0.4) is 0 Å². The summed E-state index contributed by atoms with van der Waals surface area (Å²) >= 11 is 0. The van der Waals surface area contributed by atoms with Crippen LogP contribution in [0, 0.1) is 0 Å². The lowest BCUT2D eigenvalue weighted by Gasteiger charge is -2.13. The Balaban J connectivity index is 1.80. The van der Waals surface area contributed by atoms with Crippen LogP contribution in [0.4, 0.5) is 0 Å². The number of hydrogen-bond acceptors (Lipinski definition) is 6. The molecule has 0 aliphatic carbocycles. The molecule has 9 heteroatoms. The summed E-state index contributed by atoms with van der Waals surface area (Å²) in [7, 11) is 1.45. The van der Waals surface area contributed by atoms with Crippen LogP contribution < -0.4 is 25.4 Å². The standard InChI is InChI=1S/C22H28N4O5/c1-15(2)26-21(28)14-31-18-5-4-17(12-19(18)30-3)22(29)24-11-8-20(27)25-13-16-6-9-23-10-7-16/h4-7,9-10,12,15H,8,11,13-14H2,1-3H3,(H,24,29)(H,25,27)(H,26,28). The maximum atomic E-state index is 12.4. The number of carbonyl (C=O) groups is 3. The van der Waals surface area contributed by atoms with Gasteiger partial charge in [0.05, 0.1) is 7.11 Å². The van der Waals surface area contributed by atoms with Crippen LogP contribution in [0.1, 0.15) is 36.2 Å². The van der Waals surface area contributed by atoms with Gasteiger partial charge >= 0.3 is 0 Å². The first-order valence-corrected chi connectivity index (χ1v) is 9.93. The van der Waals surface area contributed by atoms with E-state index in [1.807, 2.05) is 26.0 Å². The third-order valence-corrected chi connectivity index (χ3v) is 4.11. The highest BCUT2D eigenvalue weighted by atomic mass is 16.5. The van der Waals surface area contributed by atoms with E-state index in [2.05, 4.69) is 20.9 Å². The third-order valence-electron chi connectivity index (χ3n) is 4.11. The van der Waals surface area contributed by atoms with Gasteiger partial charge in [0.1, 0.15) is 0 Å². The number of ether oxygens (including phenoxy) is 2. The second kappa shape index (κ2) is 12.2. The molecule has 0 saturated carbocycles. The lowest BCUT2D eigenvalue weighted by molar-refractivity contribution is -0.123. The van der Waals surface area contributed by atoms with Crippen molar-refractivity contribution in [3.05, 3.63) is 53.9 Å². The molecule has 3 amide bonds. The molecule has 9 nitrogen and oxygen atoms in total. The molecule has 2 rings (SSSR count). The van der Waals surface area contributed by atoms with Crippen molar-refractivity contribution >= 4 is 17.7 Å². The summed E-state index contributed by atoms with van der Waals surface area (Å²) in [4.78, 5) is 39.9. The molecule has 0 radical (unpaired) electrons. The Morgan fingerprint density at radius 2 is 1.74 bits per heavy atom. The maximum absolute atomic E-state index is 12.4. The van der Waals surface area contributed by atoms with E-state index < -0.39 is 0 Å². The van der Waals surface area contributed by atoms with E-state index in [0.29, 0.717) is 23.6 Å². The molecule has 2 aromatic rings. The van der Waals surface area contributed by atoms with Gasteiger partial charge in [-0.25, -0.2) is 0 Å².